The highest BCUT2D eigenvalue weighted by Gasteiger charge is 2.30. The van der Waals surface area contributed by atoms with Crippen molar-refractivity contribution < 1.29 is 17.9 Å². The minimum atomic E-state index is -4.69. The number of anilines is 1. The van der Waals surface area contributed by atoms with Crippen molar-refractivity contribution in [2.75, 3.05) is 31.5 Å². The molecule has 0 unspecified atom stereocenters. The predicted molar refractivity (Wildman–Crippen MR) is 98.9 cm³/mol. The zero-order chi connectivity index (χ0) is 16.7. The Morgan fingerprint density at radius 3 is 2.42 bits per heavy atom. The summed E-state index contributed by atoms with van der Waals surface area (Å²) in [5.74, 6) is -0.0277. The number of guanidine groups is 1. The molecule has 0 aromatic heterocycles. The van der Waals surface area contributed by atoms with Gasteiger partial charge in [0.25, 0.3) is 0 Å². The second-order valence-electron chi connectivity index (χ2n) is 5.37. The fourth-order valence-electron chi connectivity index (χ4n) is 2.43. The van der Waals surface area contributed by atoms with Crippen molar-refractivity contribution in [2.45, 2.75) is 25.6 Å². The molecule has 2 rings (SSSR count). The van der Waals surface area contributed by atoms with Gasteiger partial charge in [0.05, 0.1) is 0 Å². The van der Waals surface area contributed by atoms with E-state index in [2.05, 4.69) is 19.9 Å². The van der Waals surface area contributed by atoms with E-state index in [1.54, 1.807) is 0 Å². The van der Waals surface area contributed by atoms with E-state index < -0.39 is 6.36 Å². The number of hydrogen-bond donors (Lipinski definition) is 2. The van der Waals surface area contributed by atoms with Gasteiger partial charge in [-0.3, -0.25) is 4.99 Å². The largest absolute Gasteiger partial charge is 0.573 e. The van der Waals surface area contributed by atoms with Crippen LogP contribution in [0.4, 0.5) is 18.9 Å². The van der Waals surface area contributed by atoms with Crippen LogP contribution in [-0.4, -0.2) is 43.4 Å². The number of hydrogen-bond acceptors (Lipinski definition) is 3. The van der Waals surface area contributed by atoms with E-state index in [9.17, 15) is 13.2 Å². The molecule has 1 aromatic carbocycles. The molecule has 1 aromatic rings. The Bertz CT molecular complexity index is 516. The molecule has 1 heterocycles. The number of benzene rings is 1. The number of likely N-dealkylation sites (tertiary alicyclic amines) is 1. The minimum Gasteiger partial charge on any atom is -0.406 e. The molecular formula is C15H22F3IN4O. The number of nitrogens with two attached hydrogens (primary N) is 1. The van der Waals surface area contributed by atoms with Gasteiger partial charge in [-0.25, -0.2) is 0 Å². The van der Waals surface area contributed by atoms with Crippen LogP contribution >= 0.6 is 24.0 Å². The molecule has 0 saturated carbocycles. The summed E-state index contributed by atoms with van der Waals surface area (Å²) in [6.07, 6.45) is -1.23. The predicted octanol–water partition coefficient (Wildman–Crippen LogP) is 3.42. The molecule has 0 atom stereocenters. The highest BCUT2D eigenvalue weighted by Crippen LogP contribution is 2.23. The van der Waals surface area contributed by atoms with Crippen LogP contribution in [0.3, 0.4) is 0 Å². The normalized spacial score (nSPS) is 15.9. The molecule has 24 heavy (non-hydrogen) atoms. The lowest BCUT2D eigenvalue weighted by molar-refractivity contribution is -0.274. The maximum atomic E-state index is 12.1. The number of aliphatic imine (C=N–C) groups is 1. The molecular weight excluding hydrogens is 436 g/mol. The maximum absolute atomic E-state index is 12.1. The number of alkyl halides is 3. The number of rotatable bonds is 6. The highest BCUT2D eigenvalue weighted by molar-refractivity contribution is 14.0. The first-order valence-corrected chi connectivity index (χ1v) is 7.57. The standard InChI is InChI=1S/C15H21F3N4O.HI/c16-15(17,18)23-13-6-4-12(5-7-13)21-14(19)20-8-3-11-22-9-1-2-10-22;/h4-7H,1-3,8-11H2,(H3,19,20,21);1H. The van der Waals surface area contributed by atoms with E-state index >= 15 is 0 Å². The summed E-state index contributed by atoms with van der Waals surface area (Å²) in [6.45, 7) is 3.94. The number of nitrogens with one attached hydrogen (secondary N) is 1. The van der Waals surface area contributed by atoms with Crippen molar-refractivity contribution in [3.8, 4) is 5.75 Å². The first-order valence-electron chi connectivity index (χ1n) is 7.57. The second kappa shape index (κ2) is 9.92. The third-order valence-corrected chi connectivity index (χ3v) is 3.47. The van der Waals surface area contributed by atoms with Crippen LogP contribution in [0.15, 0.2) is 29.3 Å². The monoisotopic (exact) mass is 458 g/mol. The molecule has 1 aliphatic heterocycles. The fourth-order valence-corrected chi connectivity index (χ4v) is 2.43. The van der Waals surface area contributed by atoms with Crippen LogP contribution in [0, 0.1) is 0 Å². The summed E-state index contributed by atoms with van der Waals surface area (Å²) in [5, 5.41) is 2.84. The molecule has 136 valence electrons. The summed E-state index contributed by atoms with van der Waals surface area (Å²) in [5.41, 5.74) is 6.31. The topological polar surface area (TPSA) is 62.9 Å². The molecule has 0 aliphatic carbocycles. The van der Waals surface area contributed by atoms with Gasteiger partial charge >= 0.3 is 6.36 Å². The third kappa shape index (κ3) is 8.04. The van der Waals surface area contributed by atoms with E-state index in [4.69, 9.17) is 5.73 Å². The van der Waals surface area contributed by atoms with Crippen LogP contribution < -0.4 is 15.8 Å². The van der Waals surface area contributed by atoms with Crippen molar-refractivity contribution in [1.29, 1.82) is 0 Å². The van der Waals surface area contributed by atoms with Crippen LogP contribution in [0.5, 0.6) is 5.75 Å². The first kappa shape index (κ1) is 20.8. The molecule has 1 saturated heterocycles. The molecule has 0 radical (unpaired) electrons. The Labute approximate surface area is 156 Å². The van der Waals surface area contributed by atoms with E-state index in [1.807, 2.05) is 0 Å². The summed E-state index contributed by atoms with van der Waals surface area (Å²) >= 11 is 0. The zero-order valence-electron chi connectivity index (χ0n) is 13.2. The Kier molecular flexibility index (Phi) is 8.60. The van der Waals surface area contributed by atoms with Gasteiger partial charge in [-0.15, -0.1) is 37.1 Å². The third-order valence-electron chi connectivity index (χ3n) is 3.47. The van der Waals surface area contributed by atoms with Crippen molar-refractivity contribution >= 4 is 35.6 Å². The quantitative estimate of drug-likeness (QED) is 0.297. The summed E-state index contributed by atoms with van der Waals surface area (Å²) < 4.78 is 40.0. The number of nitrogens with zero attached hydrogens (tertiary/aromatic N) is 2. The van der Waals surface area contributed by atoms with Crippen molar-refractivity contribution in [3.05, 3.63) is 24.3 Å². The molecule has 1 aliphatic rings. The van der Waals surface area contributed by atoms with E-state index in [-0.39, 0.29) is 35.7 Å². The van der Waals surface area contributed by atoms with Crippen molar-refractivity contribution in [2.24, 2.45) is 10.7 Å². The van der Waals surface area contributed by atoms with Crippen LogP contribution in [0.25, 0.3) is 0 Å². The number of halogens is 4. The maximum Gasteiger partial charge on any atom is 0.573 e. The van der Waals surface area contributed by atoms with Gasteiger partial charge in [-0.2, -0.15) is 0 Å². The van der Waals surface area contributed by atoms with Gasteiger partial charge < -0.3 is 20.7 Å². The molecule has 5 nitrogen and oxygen atoms in total. The second-order valence-corrected chi connectivity index (χ2v) is 5.37. The van der Waals surface area contributed by atoms with E-state index in [0.29, 0.717) is 12.2 Å². The van der Waals surface area contributed by atoms with Gasteiger partial charge in [0.1, 0.15) is 5.75 Å². The summed E-state index contributed by atoms with van der Waals surface area (Å²) in [6, 6.07) is 5.34. The average Bonchev–Trinajstić information content (AvgIpc) is 2.97. The zero-order valence-corrected chi connectivity index (χ0v) is 15.5. The van der Waals surface area contributed by atoms with Crippen LogP contribution in [0.2, 0.25) is 0 Å². The minimum absolute atomic E-state index is 0. The van der Waals surface area contributed by atoms with E-state index in [1.165, 1.54) is 37.1 Å². The Hall–Kier alpha value is -1.23. The van der Waals surface area contributed by atoms with Crippen LogP contribution in [0.1, 0.15) is 19.3 Å². The van der Waals surface area contributed by atoms with Gasteiger partial charge in [-0.1, -0.05) is 0 Å². The molecule has 0 bridgehead atoms. The molecule has 3 N–H and O–H groups in total. The molecule has 0 amide bonds. The molecule has 9 heteroatoms. The Morgan fingerprint density at radius 2 is 1.83 bits per heavy atom. The number of ether oxygens (including phenoxy) is 1. The Balaban J connectivity index is 0.00000288. The SMILES string of the molecule is I.NC(=NCCCN1CCCC1)Nc1ccc(OC(F)(F)F)cc1. The molecule has 1 fully saturated rings. The van der Waals surface area contributed by atoms with Gasteiger partial charge in [0.15, 0.2) is 5.96 Å². The lowest BCUT2D eigenvalue weighted by Crippen LogP contribution is -2.24. The molecule has 0 spiro atoms. The highest BCUT2D eigenvalue weighted by atomic mass is 127. The smallest absolute Gasteiger partial charge is 0.406 e. The van der Waals surface area contributed by atoms with Gasteiger partial charge in [0, 0.05) is 12.2 Å². The average molecular weight is 458 g/mol. The van der Waals surface area contributed by atoms with E-state index in [0.717, 1.165) is 26.1 Å². The summed E-state index contributed by atoms with van der Waals surface area (Å²) in [4.78, 5) is 6.61. The van der Waals surface area contributed by atoms with Crippen LogP contribution in [-0.2, 0) is 0 Å². The summed E-state index contributed by atoms with van der Waals surface area (Å²) in [7, 11) is 0. The fraction of sp³-hybridized carbons (Fsp3) is 0.533. The van der Waals surface area contributed by atoms with Gasteiger partial charge in [-0.05, 0) is 63.2 Å². The first-order chi connectivity index (χ1) is 10.9. The van der Waals surface area contributed by atoms with Crippen molar-refractivity contribution in [3.63, 3.8) is 0 Å². The Morgan fingerprint density at radius 1 is 1.21 bits per heavy atom. The van der Waals surface area contributed by atoms with Crippen molar-refractivity contribution in [1.82, 2.24) is 4.90 Å². The lowest BCUT2D eigenvalue weighted by Gasteiger charge is -2.13. The lowest BCUT2D eigenvalue weighted by atomic mass is 10.3. The van der Waals surface area contributed by atoms with Gasteiger partial charge in [0.2, 0.25) is 0 Å².